The fourth-order valence-electron chi connectivity index (χ4n) is 3.62. The maximum Gasteiger partial charge on any atom is 0.154 e. The van der Waals surface area contributed by atoms with E-state index < -0.39 is 0 Å². The van der Waals surface area contributed by atoms with E-state index in [9.17, 15) is 0 Å². The van der Waals surface area contributed by atoms with Gasteiger partial charge < -0.3 is 20.7 Å². The number of anilines is 2. The molecule has 1 saturated heterocycles. The molecule has 1 aliphatic rings. The van der Waals surface area contributed by atoms with Gasteiger partial charge in [-0.25, -0.2) is 4.98 Å². The lowest BCUT2D eigenvalue weighted by atomic mass is 10.1. The normalized spacial score (nSPS) is 15.8. The molecule has 0 amide bonds. The first-order valence-electron chi connectivity index (χ1n) is 11.0. The van der Waals surface area contributed by atoms with Gasteiger partial charge in [-0.2, -0.15) is 5.10 Å². The lowest BCUT2D eigenvalue weighted by molar-refractivity contribution is -0.0339. The molecule has 33 heavy (non-hydrogen) atoms. The maximum atomic E-state index is 6.39. The highest BCUT2D eigenvalue weighted by Crippen LogP contribution is 2.23. The molecule has 172 valence electrons. The van der Waals surface area contributed by atoms with Crippen molar-refractivity contribution in [2.24, 2.45) is 10.7 Å². The average molecular weight is 447 g/mol. The molecule has 1 fully saturated rings. The summed E-state index contributed by atoms with van der Waals surface area (Å²) >= 11 is 0. The summed E-state index contributed by atoms with van der Waals surface area (Å²) in [5.41, 5.74) is 11.3. The summed E-state index contributed by atoms with van der Waals surface area (Å²) in [5.74, 6) is 1.68. The fraction of sp³-hybridized carbons (Fsp3) is 0.375. The molecule has 0 aliphatic carbocycles. The van der Waals surface area contributed by atoms with Gasteiger partial charge in [0.15, 0.2) is 5.82 Å². The highest BCUT2D eigenvalue weighted by Gasteiger charge is 2.24. The summed E-state index contributed by atoms with van der Waals surface area (Å²) in [4.78, 5) is 15.7. The van der Waals surface area contributed by atoms with E-state index in [0.29, 0.717) is 29.9 Å². The number of hydrogen-bond donors (Lipinski definition) is 2. The number of nitrogens with one attached hydrogen (secondary N) is 1. The van der Waals surface area contributed by atoms with Crippen molar-refractivity contribution in [3.63, 3.8) is 0 Å². The fourth-order valence-corrected chi connectivity index (χ4v) is 3.62. The smallest absolute Gasteiger partial charge is 0.154 e. The summed E-state index contributed by atoms with van der Waals surface area (Å²) in [6.07, 6.45) is 5.52. The number of likely N-dealkylation sites (tertiary alicyclic amines) is 1. The first kappa shape index (κ1) is 22.8. The number of fused-ring (bicyclic) bond motifs is 1. The van der Waals surface area contributed by atoms with E-state index in [-0.39, 0.29) is 6.10 Å². The third-order valence-electron chi connectivity index (χ3n) is 5.56. The average Bonchev–Trinajstić information content (AvgIpc) is 2.79. The minimum atomic E-state index is 0.218. The van der Waals surface area contributed by atoms with Crippen LogP contribution in [0.2, 0.25) is 0 Å². The summed E-state index contributed by atoms with van der Waals surface area (Å²) in [6, 6.07) is 7.74. The predicted molar refractivity (Wildman–Crippen MR) is 132 cm³/mol. The summed E-state index contributed by atoms with van der Waals surface area (Å²) in [7, 11) is 3.79. The van der Waals surface area contributed by atoms with Gasteiger partial charge >= 0.3 is 0 Å². The van der Waals surface area contributed by atoms with E-state index >= 15 is 0 Å². The Morgan fingerprint density at radius 1 is 1.24 bits per heavy atom. The number of ether oxygens (including phenoxy) is 1. The van der Waals surface area contributed by atoms with Crippen LogP contribution in [-0.2, 0) is 4.74 Å². The Labute approximate surface area is 193 Å². The van der Waals surface area contributed by atoms with Crippen molar-refractivity contribution in [2.75, 3.05) is 39.1 Å². The van der Waals surface area contributed by atoms with E-state index in [1.54, 1.807) is 25.7 Å². The highest BCUT2D eigenvalue weighted by molar-refractivity contribution is 6.11. The molecule has 3 aromatic heterocycles. The van der Waals surface area contributed by atoms with E-state index in [4.69, 9.17) is 15.5 Å². The van der Waals surface area contributed by atoms with E-state index in [2.05, 4.69) is 51.3 Å². The topological polar surface area (TPSA) is 114 Å². The molecule has 9 heteroatoms. The van der Waals surface area contributed by atoms with Gasteiger partial charge in [-0.05, 0) is 42.8 Å². The zero-order valence-electron chi connectivity index (χ0n) is 19.5. The van der Waals surface area contributed by atoms with Crippen LogP contribution < -0.4 is 11.1 Å². The van der Waals surface area contributed by atoms with Crippen LogP contribution in [0.25, 0.3) is 16.6 Å². The third kappa shape index (κ3) is 5.50. The zero-order valence-corrected chi connectivity index (χ0v) is 19.5. The van der Waals surface area contributed by atoms with Crippen LogP contribution in [0.5, 0.6) is 0 Å². The Balaban J connectivity index is 1.58. The number of aliphatic imine (C=N–C) groups is 1. The minimum absolute atomic E-state index is 0.218. The van der Waals surface area contributed by atoms with Crippen LogP contribution in [0.3, 0.4) is 0 Å². The van der Waals surface area contributed by atoms with Crippen molar-refractivity contribution in [3.05, 3.63) is 53.5 Å². The Morgan fingerprint density at radius 3 is 2.79 bits per heavy atom. The molecular weight excluding hydrogens is 416 g/mol. The minimum Gasteiger partial charge on any atom is -0.400 e. The Morgan fingerprint density at radius 2 is 2.06 bits per heavy atom. The number of nitrogens with zero attached hydrogens (tertiary/aromatic N) is 6. The molecule has 0 bridgehead atoms. The first-order chi connectivity index (χ1) is 15.9. The van der Waals surface area contributed by atoms with E-state index in [0.717, 1.165) is 40.8 Å². The standard InChI is InChI=1S/C24H30N8O/c1-15(2)16-8-24(31-28-10-16)30-23-6-5-21-22(29-23)7-17(9-27-21)19(11-26-3)20(25)14-33-18-12-32(4)13-18/h5-11,15,18H,12-14,25H2,1-4H3,(H,29,30,31). The molecule has 0 atom stereocenters. The second-order valence-corrected chi connectivity index (χ2v) is 8.59. The number of aromatic nitrogens is 4. The molecule has 3 N–H and O–H groups in total. The van der Waals surface area contributed by atoms with Crippen LogP contribution in [0, 0.1) is 0 Å². The van der Waals surface area contributed by atoms with Crippen molar-refractivity contribution in [2.45, 2.75) is 25.9 Å². The summed E-state index contributed by atoms with van der Waals surface area (Å²) in [5, 5.41) is 11.5. The Hall–Kier alpha value is -3.43. The number of likely N-dealkylation sites (N-methyl/N-ethyl adjacent to an activating group) is 1. The van der Waals surface area contributed by atoms with Gasteiger partial charge in [0.1, 0.15) is 5.82 Å². The zero-order chi connectivity index (χ0) is 23.4. The molecule has 4 rings (SSSR count). The lowest BCUT2D eigenvalue weighted by Crippen LogP contribution is -2.49. The molecule has 3 aromatic rings. The summed E-state index contributed by atoms with van der Waals surface area (Å²) in [6.45, 7) is 6.43. The van der Waals surface area contributed by atoms with Crippen molar-refractivity contribution in [1.82, 2.24) is 25.1 Å². The molecule has 4 heterocycles. The maximum absolute atomic E-state index is 6.39. The first-order valence-corrected chi connectivity index (χ1v) is 11.0. The van der Waals surface area contributed by atoms with E-state index in [1.165, 1.54) is 0 Å². The number of nitrogens with two attached hydrogens (primary N) is 1. The molecule has 0 saturated carbocycles. The second-order valence-electron chi connectivity index (χ2n) is 8.59. The van der Waals surface area contributed by atoms with Crippen LogP contribution >= 0.6 is 0 Å². The SMILES string of the molecule is CN=CC(=C(N)COC1CN(C)C1)c1cnc2ccc(Nc3cc(C(C)C)cnn3)nc2c1. The van der Waals surface area contributed by atoms with E-state index in [1.807, 2.05) is 24.3 Å². The van der Waals surface area contributed by atoms with Crippen molar-refractivity contribution in [1.29, 1.82) is 0 Å². The van der Waals surface area contributed by atoms with Crippen molar-refractivity contribution >= 4 is 34.5 Å². The van der Waals surface area contributed by atoms with Crippen molar-refractivity contribution < 1.29 is 4.74 Å². The second kappa shape index (κ2) is 10.0. The molecule has 0 aromatic carbocycles. The summed E-state index contributed by atoms with van der Waals surface area (Å²) < 4.78 is 5.91. The highest BCUT2D eigenvalue weighted by atomic mass is 16.5. The lowest BCUT2D eigenvalue weighted by Gasteiger charge is -2.35. The van der Waals surface area contributed by atoms with Crippen LogP contribution in [0.1, 0.15) is 30.9 Å². The molecule has 1 aliphatic heterocycles. The predicted octanol–water partition coefficient (Wildman–Crippen LogP) is 2.99. The van der Waals surface area contributed by atoms with Crippen LogP contribution in [-0.4, -0.2) is 71.2 Å². The Bertz CT molecular complexity index is 1180. The van der Waals surface area contributed by atoms with Crippen LogP contribution in [0.4, 0.5) is 11.6 Å². The largest absolute Gasteiger partial charge is 0.400 e. The molecule has 0 unspecified atom stereocenters. The van der Waals surface area contributed by atoms with Crippen molar-refractivity contribution in [3.8, 4) is 0 Å². The van der Waals surface area contributed by atoms with Gasteiger partial charge in [0, 0.05) is 49.4 Å². The number of rotatable bonds is 8. The van der Waals surface area contributed by atoms with Crippen LogP contribution in [0.15, 0.2) is 47.3 Å². The Kier molecular flexibility index (Phi) is 6.90. The van der Waals surface area contributed by atoms with Gasteiger partial charge in [-0.3, -0.25) is 9.98 Å². The molecule has 0 radical (unpaired) electrons. The number of hydrogen-bond acceptors (Lipinski definition) is 9. The molecule has 9 nitrogen and oxygen atoms in total. The quantitative estimate of drug-likeness (QED) is 0.508. The number of allylic oxidation sites excluding steroid dienone is 1. The van der Waals surface area contributed by atoms with Gasteiger partial charge in [-0.15, -0.1) is 5.10 Å². The van der Waals surface area contributed by atoms with Gasteiger partial charge in [0.2, 0.25) is 0 Å². The molecular formula is C24H30N8O. The third-order valence-corrected chi connectivity index (χ3v) is 5.56. The van der Waals surface area contributed by atoms with Gasteiger partial charge in [0.05, 0.1) is 29.9 Å². The number of pyridine rings is 2. The monoisotopic (exact) mass is 446 g/mol. The van der Waals surface area contributed by atoms with Gasteiger partial charge in [-0.1, -0.05) is 13.8 Å². The van der Waals surface area contributed by atoms with Gasteiger partial charge in [0.25, 0.3) is 0 Å². The molecule has 0 spiro atoms.